The average Bonchev–Trinajstić information content (AvgIpc) is 2.85. The number of ether oxygens (including phenoxy) is 1. The highest BCUT2D eigenvalue weighted by atomic mass is 16.5. The monoisotopic (exact) mass is 317 g/mol. The number of methoxy groups -OCH3 is 1. The van der Waals surface area contributed by atoms with Crippen LogP contribution in [-0.4, -0.2) is 23.2 Å². The molecule has 1 aromatic heterocycles. The molecule has 0 aliphatic heterocycles. The number of nitrogens with one attached hydrogen (secondary N) is 1. The number of carbonyl (C=O) groups is 1. The van der Waals surface area contributed by atoms with Crippen LogP contribution in [0.1, 0.15) is 31.2 Å². The number of aliphatic hydroxyl groups is 1. The third kappa shape index (κ3) is 4.88. The first kappa shape index (κ1) is 16.6. The van der Waals surface area contributed by atoms with Gasteiger partial charge >= 0.3 is 11.7 Å². The van der Waals surface area contributed by atoms with E-state index in [-0.39, 0.29) is 11.7 Å². The Morgan fingerprint density at radius 1 is 1.43 bits per heavy atom. The van der Waals surface area contributed by atoms with E-state index < -0.39 is 5.76 Å². The number of fused-ring (bicyclic) bond motifs is 1. The van der Waals surface area contributed by atoms with E-state index in [2.05, 4.69) is 16.3 Å². The fraction of sp³-hybridized carbons (Fsp3) is 0.294. The molecule has 1 heterocycles. The highest BCUT2D eigenvalue weighted by molar-refractivity contribution is 5.76. The molecule has 2 aromatic rings. The summed E-state index contributed by atoms with van der Waals surface area (Å²) in [4.78, 5) is 24.9. The Hall–Kier alpha value is -2.76. The summed E-state index contributed by atoms with van der Waals surface area (Å²) in [5.74, 6) is -0.700. The average molecular weight is 317 g/mol. The topological polar surface area (TPSA) is 92.5 Å². The van der Waals surface area contributed by atoms with E-state index in [1.54, 1.807) is 12.1 Å². The zero-order chi connectivity index (χ0) is 16.8. The van der Waals surface area contributed by atoms with Crippen molar-refractivity contribution in [2.45, 2.75) is 25.7 Å². The maximum absolute atomic E-state index is 11.2. The van der Waals surface area contributed by atoms with E-state index in [0.29, 0.717) is 36.8 Å². The predicted molar refractivity (Wildman–Crippen MR) is 87.1 cm³/mol. The van der Waals surface area contributed by atoms with Gasteiger partial charge in [0.05, 0.1) is 18.4 Å². The highest BCUT2D eigenvalue weighted by Crippen LogP contribution is 2.21. The summed E-state index contributed by atoms with van der Waals surface area (Å²) in [6.45, 7) is 3.51. The number of aromatic amines is 1. The van der Waals surface area contributed by atoms with Crippen molar-refractivity contribution in [3.8, 4) is 0 Å². The van der Waals surface area contributed by atoms with Crippen LogP contribution in [0.25, 0.3) is 17.2 Å². The van der Waals surface area contributed by atoms with Gasteiger partial charge in [0.15, 0.2) is 5.58 Å². The second kappa shape index (κ2) is 7.49. The molecule has 0 saturated heterocycles. The summed E-state index contributed by atoms with van der Waals surface area (Å²) in [6, 6.07) is 5.34. The van der Waals surface area contributed by atoms with Gasteiger partial charge in [0.1, 0.15) is 0 Å². The molecule has 23 heavy (non-hydrogen) atoms. The van der Waals surface area contributed by atoms with Gasteiger partial charge in [0, 0.05) is 12.8 Å². The second-order valence-corrected chi connectivity index (χ2v) is 5.25. The van der Waals surface area contributed by atoms with Gasteiger partial charge < -0.3 is 14.3 Å². The number of aliphatic hydroxyl groups excluding tert-OH is 1. The van der Waals surface area contributed by atoms with E-state index in [0.717, 1.165) is 11.1 Å². The molecule has 6 nitrogen and oxygen atoms in total. The van der Waals surface area contributed by atoms with Crippen LogP contribution < -0.4 is 5.76 Å². The summed E-state index contributed by atoms with van der Waals surface area (Å²) in [5, 5.41) is 9.44. The number of hydrogen-bond acceptors (Lipinski definition) is 5. The highest BCUT2D eigenvalue weighted by Gasteiger charge is 2.06. The van der Waals surface area contributed by atoms with Crippen LogP contribution in [0.2, 0.25) is 0 Å². The summed E-state index contributed by atoms with van der Waals surface area (Å²) < 4.78 is 9.64. The van der Waals surface area contributed by atoms with Gasteiger partial charge in [0.25, 0.3) is 0 Å². The second-order valence-electron chi connectivity index (χ2n) is 5.25. The first-order valence-electron chi connectivity index (χ1n) is 7.24. The number of H-pyrrole nitrogens is 1. The standard InChI is InChI=1S/C17H19NO5/c1-11(19)8-12(4-3-5-16(20)22-2)9-13-6-7-14-15(10-13)23-17(21)18-14/h6-7,9-10,19H,1,3-5,8H2,2H3,(H,18,21). The molecule has 0 radical (unpaired) electrons. The maximum Gasteiger partial charge on any atom is 0.417 e. The van der Waals surface area contributed by atoms with Crippen molar-refractivity contribution in [1.82, 2.24) is 4.98 Å². The van der Waals surface area contributed by atoms with E-state index in [4.69, 9.17) is 4.42 Å². The predicted octanol–water partition coefficient (Wildman–Crippen LogP) is 3.31. The van der Waals surface area contributed by atoms with Crippen molar-refractivity contribution in [2.75, 3.05) is 7.11 Å². The van der Waals surface area contributed by atoms with Crippen molar-refractivity contribution in [3.63, 3.8) is 0 Å². The van der Waals surface area contributed by atoms with E-state index in [9.17, 15) is 14.7 Å². The largest absolute Gasteiger partial charge is 0.513 e. The lowest BCUT2D eigenvalue weighted by molar-refractivity contribution is -0.140. The maximum atomic E-state index is 11.2. The molecule has 0 atom stereocenters. The quantitative estimate of drug-likeness (QED) is 0.603. The molecule has 0 spiro atoms. The smallest absolute Gasteiger partial charge is 0.417 e. The third-order valence-corrected chi connectivity index (χ3v) is 3.35. The third-order valence-electron chi connectivity index (χ3n) is 3.35. The lowest BCUT2D eigenvalue weighted by Gasteiger charge is -2.07. The SMILES string of the molecule is C=C(O)CC(=Cc1ccc2[nH]c(=O)oc2c1)CCCC(=O)OC. The molecule has 0 fully saturated rings. The normalized spacial score (nSPS) is 11.6. The van der Waals surface area contributed by atoms with Gasteiger partial charge in [-0.05, 0) is 30.5 Å². The lowest BCUT2D eigenvalue weighted by Crippen LogP contribution is -2.00. The summed E-state index contributed by atoms with van der Waals surface area (Å²) in [5.41, 5.74) is 2.87. The van der Waals surface area contributed by atoms with Crippen LogP contribution in [0, 0.1) is 0 Å². The Morgan fingerprint density at radius 2 is 2.22 bits per heavy atom. The molecule has 1 aromatic carbocycles. The van der Waals surface area contributed by atoms with Crippen molar-refractivity contribution in [2.24, 2.45) is 0 Å². The van der Waals surface area contributed by atoms with Crippen molar-refractivity contribution >= 4 is 23.1 Å². The van der Waals surface area contributed by atoms with Crippen LogP contribution >= 0.6 is 0 Å². The van der Waals surface area contributed by atoms with Gasteiger partial charge in [-0.2, -0.15) is 0 Å². The van der Waals surface area contributed by atoms with Crippen LogP contribution in [-0.2, 0) is 9.53 Å². The number of allylic oxidation sites excluding steroid dienone is 1. The van der Waals surface area contributed by atoms with E-state index in [1.807, 2.05) is 12.1 Å². The van der Waals surface area contributed by atoms with Crippen LogP contribution in [0.4, 0.5) is 0 Å². The molecule has 2 N–H and O–H groups in total. The molecule has 0 unspecified atom stereocenters. The minimum atomic E-state index is -0.497. The molecule has 0 aliphatic rings. The molecular formula is C17H19NO5. The Bertz CT molecular complexity index is 797. The number of esters is 1. The van der Waals surface area contributed by atoms with Crippen LogP contribution in [0.5, 0.6) is 0 Å². The number of carbonyl (C=O) groups excluding carboxylic acids is 1. The number of hydrogen-bond donors (Lipinski definition) is 2. The molecular weight excluding hydrogens is 298 g/mol. The van der Waals surface area contributed by atoms with Crippen molar-refractivity contribution in [1.29, 1.82) is 0 Å². The van der Waals surface area contributed by atoms with Crippen LogP contribution in [0.15, 0.2) is 45.3 Å². The van der Waals surface area contributed by atoms with E-state index >= 15 is 0 Å². The van der Waals surface area contributed by atoms with Gasteiger partial charge in [-0.1, -0.05) is 24.3 Å². The summed E-state index contributed by atoms with van der Waals surface area (Å²) >= 11 is 0. The van der Waals surface area contributed by atoms with E-state index in [1.165, 1.54) is 7.11 Å². The molecule has 0 amide bonds. The Labute approximate surface area is 133 Å². The Balaban J connectivity index is 2.17. The number of rotatable bonds is 7. The minimum Gasteiger partial charge on any atom is -0.513 e. The first-order valence-corrected chi connectivity index (χ1v) is 7.24. The number of benzene rings is 1. The zero-order valence-electron chi connectivity index (χ0n) is 12.9. The Morgan fingerprint density at radius 3 is 2.91 bits per heavy atom. The fourth-order valence-corrected chi connectivity index (χ4v) is 2.32. The van der Waals surface area contributed by atoms with Gasteiger partial charge in [-0.3, -0.25) is 9.78 Å². The molecule has 0 bridgehead atoms. The van der Waals surface area contributed by atoms with Crippen molar-refractivity contribution in [3.05, 3.63) is 52.2 Å². The van der Waals surface area contributed by atoms with Gasteiger partial charge in [-0.25, -0.2) is 4.79 Å². The molecule has 6 heteroatoms. The van der Waals surface area contributed by atoms with Crippen LogP contribution in [0.3, 0.4) is 0 Å². The molecule has 0 aliphatic carbocycles. The van der Waals surface area contributed by atoms with Gasteiger partial charge in [0.2, 0.25) is 0 Å². The Kier molecular flexibility index (Phi) is 5.41. The zero-order valence-corrected chi connectivity index (χ0v) is 12.9. The molecule has 122 valence electrons. The summed E-state index contributed by atoms with van der Waals surface area (Å²) in [7, 11) is 1.36. The minimum absolute atomic E-state index is 0.0589. The first-order chi connectivity index (χ1) is 11.0. The fourth-order valence-electron chi connectivity index (χ4n) is 2.32. The molecule has 2 rings (SSSR count). The molecule has 0 saturated carbocycles. The van der Waals surface area contributed by atoms with Crippen molar-refractivity contribution < 1.29 is 19.1 Å². The number of aromatic nitrogens is 1. The van der Waals surface area contributed by atoms with Gasteiger partial charge in [-0.15, -0.1) is 0 Å². The lowest BCUT2D eigenvalue weighted by atomic mass is 10.0. The summed E-state index contributed by atoms with van der Waals surface area (Å²) in [6.07, 6.45) is 3.79. The number of oxazole rings is 1.